The summed E-state index contributed by atoms with van der Waals surface area (Å²) in [5, 5.41) is 0. The number of carbonyl (C=O) groups is 1. The van der Waals surface area contributed by atoms with Crippen molar-refractivity contribution in [1.82, 2.24) is 4.90 Å². The largest absolute Gasteiger partial charge is 0.416 e. The van der Waals surface area contributed by atoms with Gasteiger partial charge in [0.2, 0.25) is 5.91 Å². The summed E-state index contributed by atoms with van der Waals surface area (Å²) in [4.78, 5) is 15.9. The van der Waals surface area contributed by atoms with E-state index in [0.717, 1.165) is 12.1 Å². The molecule has 1 aliphatic carbocycles. The highest BCUT2D eigenvalue weighted by molar-refractivity contribution is 5.79. The third kappa shape index (κ3) is 4.55. The third-order valence-electron chi connectivity index (χ3n) is 5.63. The molecule has 0 spiro atoms. The minimum atomic E-state index is -4.44. The summed E-state index contributed by atoms with van der Waals surface area (Å²) in [6.07, 6.45) is -7.55. The molecule has 2 unspecified atom stereocenters. The van der Waals surface area contributed by atoms with Crippen molar-refractivity contribution < 1.29 is 31.1 Å². The predicted molar refractivity (Wildman–Crippen MR) is 91.7 cm³/mol. The second-order valence-corrected chi connectivity index (χ2v) is 7.40. The highest BCUT2D eigenvalue weighted by atomic mass is 19.4. The van der Waals surface area contributed by atoms with Crippen molar-refractivity contribution in [3.8, 4) is 0 Å². The molecule has 1 aromatic rings. The van der Waals surface area contributed by atoms with Gasteiger partial charge in [-0.2, -0.15) is 26.3 Å². The second-order valence-electron chi connectivity index (χ2n) is 7.40. The van der Waals surface area contributed by atoms with E-state index in [1.807, 2.05) is 0 Å². The van der Waals surface area contributed by atoms with Crippen LogP contribution in [0.25, 0.3) is 0 Å². The van der Waals surface area contributed by atoms with Crippen molar-refractivity contribution >= 4 is 11.6 Å². The summed E-state index contributed by atoms with van der Waals surface area (Å²) in [7, 11) is 0. The van der Waals surface area contributed by atoms with Crippen molar-refractivity contribution in [2.75, 3.05) is 31.1 Å². The molecule has 2 atom stereocenters. The first kappa shape index (κ1) is 20.8. The van der Waals surface area contributed by atoms with Crippen molar-refractivity contribution in [1.29, 1.82) is 0 Å². The molecular formula is C19H22F6N2O. The van der Waals surface area contributed by atoms with E-state index in [1.165, 1.54) is 11.0 Å². The van der Waals surface area contributed by atoms with Gasteiger partial charge in [0, 0.05) is 37.8 Å². The molecule has 3 rings (SSSR count). The number of piperazine rings is 1. The predicted octanol–water partition coefficient (Wildman–Crippen LogP) is 4.72. The fourth-order valence-corrected chi connectivity index (χ4v) is 4.12. The van der Waals surface area contributed by atoms with E-state index in [0.29, 0.717) is 18.5 Å². The SMILES string of the molecule is O=C(C1CCCCC1C(F)(F)F)N1CCN(c2cccc(C(F)(F)F)c2)CC1. The highest BCUT2D eigenvalue weighted by Gasteiger charge is 2.49. The molecule has 1 amide bonds. The van der Waals surface area contributed by atoms with Gasteiger partial charge in [-0.25, -0.2) is 0 Å². The van der Waals surface area contributed by atoms with Gasteiger partial charge >= 0.3 is 12.4 Å². The van der Waals surface area contributed by atoms with E-state index in [2.05, 4.69) is 0 Å². The van der Waals surface area contributed by atoms with Crippen LogP contribution in [0.1, 0.15) is 31.2 Å². The van der Waals surface area contributed by atoms with Crippen molar-refractivity contribution in [3.05, 3.63) is 29.8 Å². The van der Waals surface area contributed by atoms with E-state index in [4.69, 9.17) is 0 Å². The molecule has 1 heterocycles. The lowest BCUT2D eigenvalue weighted by molar-refractivity contribution is -0.201. The lowest BCUT2D eigenvalue weighted by Crippen LogP contribution is -2.52. The molecule has 3 nitrogen and oxygen atoms in total. The number of benzene rings is 1. The summed E-state index contributed by atoms with van der Waals surface area (Å²) < 4.78 is 78.4. The molecule has 2 fully saturated rings. The summed E-state index contributed by atoms with van der Waals surface area (Å²) in [6, 6.07) is 4.93. The maximum absolute atomic E-state index is 13.3. The van der Waals surface area contributed by atoms with Crippen molar-refractivity contribution in [2.45, 2.75) is 38.0 Å². The average molecular weight is 408 g/mol. The molecule has 28 heavy (non-hydrogen) atoms. The standard InChI is InChI=1S/C19H22F6N2O/c20-18(21,22)13-4-3-5-14(12-13)26-8-10-27(11-9-26)17(28)15-6-1-2-7-16(15)19(23,24)25/h3-5,12,15-16H,1-2,6-11H2. The van der Waals surface area contributed by atoms with Crippen LogP contribution in [0.2, 0.25) is 0 Å². The molecule has 2 aliphatic rings. The van der Waals surface area contributed by atoms with Gasteiger partial charge in [-0.15, -0.1) is 0 Å². The molecule has 0 bridgehead atoms. The van der Waals surface area contributed by atoms with Gasteiger partial charge in [0.05, 0.1) is 11.5 Å². The number of amides is 1. The number of anilines is 1. The Hall–Kier alpha value is -1.93. The van der Waals surface area contributed by atoms with E-state index in [1.54, 1.807) is 11.0 Å². The van der Waals surface area contributed by atoms with Gasteiger partial charge in [0.1, 0.15) is 0 Å². The zero-order valence-corrected chi connectivity index (χ0v) is 15.2. The summed E-state index contributed by atoms with van der Waals surface area (Å²) in [5.41, 5.74) is -0.355. The summed E-state index contributed by atoms with van der Waals surface area (Å²) >= 11 is 0. The number of hydrogen-bond donors (Lipinski definition) is 0. The number of halogens is 6. The Labute approximate surface area is 159 Å². The van der Waals surface area contributed by atoms with Gasteiger partial charge in [-0.05, 0) is 31.0 Å². The number of hydrogen-bond acceptors (Lipinski definition) is 2. The molecule has 156 valence electrons. The number of carbonyl (C=O) groups excluding carboxylic acids is 1. The van der Waals surface area contributed by atoms with Crippen LogP contribution in [0.3, 0.4) is 0 Å². The molecule has 0 radical (unpaired) electrons. The van der Waals surface area contributed by atoms with Crippen LogP contribution in [-0.2, 0) is 11.0 Å². The summed E-state index contributed by atoms with van der Waals surface area (Å²) in [6.45, 7) is 0.985. The van der Waals surface area contributed by atoms with Gasteiger partial charge < -0.3 is 9.80 Å². The van der Waals surface area contributed by atoms with E-state index >= 15 is 0 Å². The van der Waals surface area contributed by atoms with Crippen LogP contribution in [-0.4, -0.2) is 43.2 Å². The minimum absolute atomic E-state index is 0.0237. The second kappa shape index (κ2) is 7.83. The zero-order valence-electron chi connectivity index (χ0n) is 15.2. The number of rotatable bonds is 2. The van der Waals surface area contributed by atoms with Gasteiger partial charge in [0.25, 0.3) is 0 Å². The first-order valence-electron chi connectivity index (χ1n) is 9.35. The lowest BCUT2D eigenvalue weighted by atomic mass is 9.78. The minimum Gasteiger partial charge on any atom is -0.368 e. The van der Waals surface area contributed by atoms with Gasteiger partial charge in [-0.1, -0.05) is 18.9 Å². The Morgan fingerprint density at radius 3 is 2.18 bits per heavy atom. The Balaban J connectivity index is 1.64. The zero-order chi connectivity index (χ0) is 20.5. The molecule has 1 saturated heterocycles. The smallest absolute Gasteiger partial charge is 0.368 e. The Morgan fingerprint density at radius 1 is 0.929 bits per heavy atom. The van der Waals surface area contributed by atoms with Crippen molar-refractivity contribution in [2.24, 2.45) is 11.8 Å². The maximum atomic E-state index is 13.3. The first-order valence-corrected chi connectivity index (χ1v) is 9.35. The van der Waals surface area contributed by atoms with Gasteiger partial charge in [-0.3, -0.25) is 4.79 Å². The Kier molecular flexibility index (Phi) is 5.82. The lowest BCUT2D eigenvalue weighted by Gasteiger charge is -2.40. The van der Waals surface area contributed by atoms with Crippen LogP contribution in [0.15, 0.2) is 24.3 Å². The molecule has 9 heteroatoms. The van der Waals surface area contributed by atoms with Crippen LogP contribution in [0.4, 0.5) is 32.0 Å². The average Bonchev–Trinajstić information content (AvgIpc) is 2.66. The van der Waals surface area contributed by atoms with Crippen LogP contribution < -0.4 is 4.90 Å². The monoisotopic (exact) mass is 408 g/mol. The van der Waals surface area contributed by atoms with E-state index < -0.39 is 35.7 Å². The highest BCUT2D eigenvalue weighted by Crippen LogP contribution is 2.42. The van der Waals surface area contributed by atoms with Crippen molar-refractivity contribution in [3.63, 3.8) is 0 Å². The molecule has 0 N–H and O–H groups in total. The Bertz CT molecular complexity index is 694. The maximum Gasteiger partial charge on any atom is 0.416 e. The third-order valence-corrected chi connectivity index (χ3v) is 5.63. The fraction of sp³-hybridized carbons (Fsp3) is 0.632. The van der Waals surface area contributed by atoms with Crippen LogP contribution >= 0.6 is 0 Å². The number of nitrogens with zero attached hydrogens (tertiary/aromatic N) is 2. The van der Waals surface area contributed by atoms with E-state index in [9.17, 15) is 31.1 Å². The van der Waals surface area contributed by atoms with Crippen LogP contribution in [0.5, 0.6) is 0 Å². The molecular weight excluding hydrogens is 386 g/mol. The van der Waals surface area contributed by atoms with Gasteiger partial charge in [0.15, 0.2) is 0 Å². The summed E-state index contributed by atoms with van der Waals surface area (Å²) in [5.74, 6) is -3.13. The van der Waals surface area contributed by atoms with E-state index in [-0.39, 0.29) is 39.0 Å². The quantitative estimate of drug-likeness (QED) is 0.661. The molecule has 0 aromatic heterocycles. The first-order chi connectivity index (χ1) is 13.1. The number of alkyl halides is 6. The molecule has 1 saturated carbocycles. The topological polar surface area (TPSA) is 23.6 Å². The Morgan fingerprint density at radius 2 is 1.57 bits per heavy atom. The molecule has 1 aliphatic heterocycles. The molecule has 1 aromatic carbocycles. The van der Waals surface area contributed by atoms with Crippen LogP contribution in [0, 0.1) is 11.8 Å². The normalized spacial score (nSPS) is 24.4. The fourth-order valence-electron chi connectivity index (χ4n) is 4.12.